The number of nitrogens with two attached hydrogens (primary N) is 1. The predicted molar refractivity (Wildman–Crippen MR) is 107 cm³/mol. The quantitative estimate of drug-likeness (QED) is 0.515. The van der Waals surface area contributed by atoms with Crippen molar-refractivity contribution in [3.8, 4) is 5.75 Å². The van der Waals surface area contributed by atoms with Gasteiger partial charge in [0.2, 0.25) is 0 Å². The lowest BCUT2D eigenvalue weighted by molar-refractivity contribution is 0.0913. The molecule has 27 heavy (non-hydrogen) atoms. The highest BCUT2D eigenvalue weighted by Crippen LogP contribution is 2.37. The summed E-state index contributed by atoms with van der Waals surface area (Å²) in [4.78, 5) is 18.7. The van der Waals surface area contributed by atoms with E-state index in [-0.39, 0.29) is 11.4 Å². The van der Waals surface area contributed by atoms with Crippen LogP contribution in [-0.4, -0.2) is 42.8 Å². The molecule has 1 amide bonds. The van der Waals surface area contributed by atoms with Crippen LogP contribution < -0.4 is 20.7 Å². The van der Waals surface area contributed by atoms with Gasteiger partial charge >= 0.3 is 0 Å². The predicted octanol–water partition coefficient (Wildman–Crippen LogP) is 2.46. The van der Waals surface area contributed by atoms with Crippen LogP contribution in [0.5, 0.6) is 5.75 Å². The van der Waals surface area contributed by atoms with Gasteiger partial charge in [-0.25, -0.2) is 4.98 Å². The van der Waals surface area contributed by atoms with Gasteiger partial charge in [0.05, 0.1) is 11.1 Å². The van der Waals surface area contributed by atoms with E-state index < -0.39 is 0 Å². The molecule has 1 fully saturated rings. The Balaban J connectivity index is 1.69. The Morgan fingerprint density at radius 1 is 1.37 bits per heavy atom. The van der Waals surface area contributed by atoms with Crippen LogP contribution in [0.2, 0.25) is 0 Å². The average molecular weight is 367 g/mol. The molecule has 1 aliphatic carbocycles. The van der Waals surface area contributed by atoms with Crippen LogP contribution >= 0.6 is 0 Å². The maximum Gasteiger partial charge on any atom is 0.252 e. The molecule has 0 spiro atoms. The monoisotopic (exact) mass is 367 g/mol. The lowest BCUT2D eigenvalue weighted by atomic mass is 10.1. The fourth-order valence-corrected chi connectivity index (χ4v) is 2.86. The van der Waals surface area contributed by atoms with Gasteiger partial charge in [0.1, 0.15) is 18.2 Å². The number of carbonyl (C=O) groups excluding carboxylic acids is 1. The molecule has 0 aliphatic heterocycles. The lowest BCUT2D eigenvalue weighted by Crippen LogP contribution is -2.41. The minimum absolute atomic E-state index is 0.141. The number of ether oxygens (including phenoxy) is 1. The van der Waals surface area contributed by atoms with Crippen molar-refractivity contribution in [1.82, 2.24) is 10.3 Å². The van der Waals surface area contributed by atoms with E-state index in [9.17, 15) is 4.79 Å². The smallest absolute Gasteiger partial charge is 0.252 e. The van der Waals surface area contributed by atoms with Crippen molar-refractivity contribution in [1.29, 1.82) is 5.41 Å². The minimum Gasteiger partial charge on any atom is -0.490 e. The first-order valence-electron chi connectivity index (χ1n) is 8.84. The van der Waals surface area contributed by atoms with Crippen molar-refractivity contribution in [2.75, 3.05) is 31.3 Å². The van der Waals surface area contributed by atoms with E-state index in [0.717, 1.165) is 18.7 Å². The van der Waals surface area contributed by atoms with Crippen molar-refractivity contribution in [3.63, 3.8) is 0 Å². The number of benzene rings is 1. The Labute approximate surface area is 159 Å². The number of aromatic nitrogens is 1. The third kappa shape index (κ3) is 4.19. The van der Waals surface area contributed by atoms with Gasteiger partial charge in [0.25, 0.3) is 5.91 Å². The van der Waals surface area contributed by atoms with Gasteiger partial charge in [-0.05, 0) is 44.0 Å². The fourth-order valence-electron chi connectivity index (χ4n) is 2.86. The largest absolute Gasteiger partial charge is 0.490 e. The third-order valence-electron chi connectivity index (χ3n) is 4.64. The number of rotatable bonds is 7. The Bertz CT molecular complexity index is 874. The summed E-state index contributed by atoms with van der Waals surface area (Å²) in [6.07, 6.45) is 3.34. The van der Waals surface area contributed by atoms with Crippen molar-refractivity contribution < 1.29 is 9.53 Å². The first-order valence-corrected chi connectivity index (χ1v) is 8.84. The Morgan fingerprint density at radius 2 is 2.11 bits per heavy atom. The van der Waals surface area contributed by atoms with E-state index >= 15 is 0 Å². The zero-order valence-electron chi connectivity index (χ0n) is 15.9. The maximum absolute atomic E-state index is 12.6. The Morgan fingerprint density at radius 3 is 2.74 bits per heavy atom. The normalized spacial score (nSPS) is 14.3. The van der Waals surface area contributed by atoms with Crippen LogP contribution in [0.25, 0.3) is 0 Å². The molecule has 142 valence electrons. The van der Waals surface area contributed by atoms with Crippen LogP contribution in [0.15, 0.2) is 36.5 Å². The van der Waals surface area contributed by atoms with E-state index in [1.54, 1.807) is 43.5 Å². The topological polar surface area (TPSA) is 104 Å². The third-order valence-corrected chi connectivity index (χ3v) is 4.64. The summed E-state index contributed by atoms with van der Waals surface area (Å²) in [6.45, 7) is 2.02. The molecule has 1 aromatic heterocycles. The maximum atomic E-state index is 12.6. The molecule has 0 atom stereocenters. The highest BCUT2D eigenvalue weighted by molar-refractivity contribution is 6.03. The number of hydrogen-bond donors (Lipinski definition) is 3. The molecule has 0 saturated heterocycles. The molecule has 3 rings (SSSR count). The van der Waals surface area contributed by atoms with Crippen molar-refractivity contribution >= 4 is 23.1 Å². The van der Waals surface area contributed by atoms with Gasteiger partial charge in [-0.2, -0.15) is 0 Å². The molecule has 4 N–H and O–H groups in total. The molecule has 0 unspecified atom stereocenters. The first kappa shape index (κ1) is 18.7. The minimum atomic E-state index is -0.379. The number of pyridine rings is 1. The van der Waals surface area contributed by atoms with E-state index in [1.165, 1.54) is 0 Å². The molecule has 1 heterocycles. The molecule has 2 aromatic rings. The molecular formula is C20H25N5O2. The molecular weight excluding hydrogens is 342 g/mol. The number of nitrogen functional groups attached to an aromatic ring is 1. The molecule has 0 bridgehead atoms. The van der Waals surface area contributed by atoms with Gasteiger partial charge in [0.15, 0.2) is 0 Å². The van der Waals surface area contributed by atoms with E-state index in [0.29, 0.717) is 34.9 Å². The number of carbonyl (C=O) groups is 1. The molecule has 7 nitrogen and oxygen atoms in total. The molecule has 1 aromatic carbocycles. The second-order valence-corrected chi connectivity index (χ2v) is 7.17. The number of hydrogen-bond acceptors (Lipinski definition) is 6. The van der Waals surface area contributed by atoms with Gasteiger partial charge in [0, 0.05) is 37.3 Å². The van der Waals surface area contributed by atoms with E-state index in [2.05, 4.69) is 10.3 Å². The van der Waals surface area contributed by atoms with Gasteiger partial charge < -0.3 is 26.1 Å². The van der Waals surface area contributed by atoms with Crippen molar-refractivity contribution in [2.45, 2.75) is 25.3 Å². The summed E-state index contributed by atoms with van der Waals surface area (Å²) in [5.74, 6) is 1.16. The van der Waals surface area contributed by atoms with Crippen LogP contribution in [0, 0.1) is 5.41 Å². The highest BCUT2D eigenvalue weighted by Gasteiger charge is 2.45. The summed E-state index contributed by atoms with van der Waals surface area (Å²) >= 11 is 0. The fraction of sp³-hybridized carbons (Fsp3) is 0.350. The number of anilines is 2. The van der Waals surface area contributed by atoms with Crippen LogP contribution in [-0.2, 0) is 0 Å². The number of amides is 1. The lowest BCUT2D eigenvalue weighted by Gasteiger charge is -2.20. The van der Waals surface area contributed by atoms with Gasteiger partial charge in [-0.3, -0.25) is 4.79 Å². The highest BCUT2D eigenvalue weighted by atomic mass is 16.5. The van der Waals surface area contributed by atoms with Gasteiger partial charge in [-0.15, -0.1) is 0 Å². The Hall–Kier alpha value is -3.09. The van der Waals surface area contributed by atoms with Crippen LogP contribution in [0.4, 0.5) is 11.5 Å². The number of nitrogens with zero attached hydrogens (tertiary/aromatic N) is 2. The molecule has 7 heteroatoms. The standard InChI is InChI=1S/C20H25N5O2/c1-13(21)18-15(22)5-4-6-16(18)27-12-20(8-9-20)24-19(26)14-7-10-23-17(11-14)25(2)3/h4-7,10-11,21H,8-9,12,22H2,1-3H3,(H,24,26). The second-order valence-electron chi connectivity index (χ2n) is 7.17. The summed E-state index contributed by atoms with van der Waals surface area (Å²) in [5.41, 5.74) is 7.63. The first-order chi connectivity index (χ1) is 12.8. The molecule has 1 saturated carbocycles. The molecule has 0 radical (unpaired) electrons. The molecule has 1 aliphatic rings. The summed E-state index contributed by atoms with van der Waals surface area (Å²) in [7, 11) is 3.77. The van der Waals surface area contributed by atoms with Crippen LogP contribution in [0.3, 0.4) is 0 Å². The summed E-state index contributed by atoms with van der Waals surface area (Å²) in [5, 5.41) is 11.0. The zero-order valence-corrected chi connectivity index (χ0v) is 15.9. The van der Waals surface area contributed by atoms with E-state index in [4.69, 9.17) is 15.9 Å². The van der Waals surface area contributed by atoms with Crippen molar-refractivity contribution in [3.05, 3.63) is 47.7 Å². The number of nitrogens with one attached hydrogen (secondary N) is 2. The zero-order chi connectivity index (χ0) is 19.6. The second kappa shape index (κ2) is 7.26. The van der Waals surface area contributed by atoms with E-state index in [1.807, 2.05) is 19.0 Å². The van der Waals surface area contributed by atoms with Crippen molar-refractivity contribution in [2.24, 2.45) is 0 Å². The van der Waals surface area contributed by atoms with Crippen LogP contribution in [0.1, 0.15) is 35.7 Å². The SMILES string of the molecule is CC(=N)c1c(N)cccc1OCC1(NC(=O)c2ccnc(N(C)C)c2)CC1. The van der Waals surface area contributed by atoms with Gasteiger partial charge in [-0.1, -0.05) is 6.07 Å². The average Bonchev–Trinajstić information content (AvgIpc) is 3.39. The summed E-state index contributed by atoms with van der Waals surface area (Å²) < 4.78 is 5.95. The summed E-state index contributed by atoms with van der Waals surface area (Å²) in [6, 6.07) is 8.82. The Kier molecular flexibility index (Phi) is 5.03.